The molecule has 0 aliphatic carbocycles. The second kappa shape index (κ2) is 6.23. The molecule has 1 aliphatic rings. The molecule has 0 aromatic carbocycles. The van der Waals surface area contributed by atoms with Crippen molar-refractivity contribution in [3.05, 3.63) is 0 Å². The molecule has 4 nitrogen and oxygen atoms in total. The Labute approximate surface area is 118 Å². The predicted molar refractivity (Wildman–Crippen MR) is 80.2 cm³/mol. The summed E-state index contributed by atoms with van der Waals surface area (Å²) in [5.41, 5.74) is -0.437. The maximum absolute atomic E-state index is 12.5. The number of nitrogens with one attached hydrogen (secondary N) is 2. The summed E-state index contributed by atoms with van der Waals surface area (Å²) in [6.45, 7) is 15.2. The van der Waals surface area contributed by atoms with Crippen LogP contribution in [-0.4, -0.2) is 47.6 Å². The lowest BCUT2D eigenvalue weighted by Gasteiger charge is -2.48. The van der Waals surface area contributed by atoms with Gasteiger partial charge >= 0.3 is 0 Å². The van der Waals surface area contributed by atoms with E-state index in [-0.39, 0.29) is 11.4 Å². The van der Waals surface area contributed by atoms with Crippen molar-refractivity contribution in [2.75, 3.05) is 19.6 Å². The summed E-state index contributed by atoms with van der Waals surface area (Å²) in [5.74, 6) is 0.236. The summed E-state index contributed by atoms with van der Waals surface area (Å²) in [7, 11) is 0. The smallest absolute Gasteiger partial charge is 0.242 e. The Kier molecular flexibility index (Phi) is 5.39. The van der Waals surface area contributed by atoms with E-state index in [1.165, 1.54) is 0 Å². The van der Waals surface area contributed by atoms with Gasteiger partial charge in [-0.25, -0.2) is 0 Å². The van der Waals surface area contributed by atoms with E-state index >= 15 is 0 Å². The molecular weight excluding hydrogens is 238 g/mol. The molecule has 0 bridgehead atoms. The monoisotopic (exact) mass is 269 g/mol. The van der Waals surface area contributed by atoms with Gasteiger partial charge in [0.05, 0.1) is 5.54 Å². The van der Waals surface area contributed by atoms with Crippen LogP contribution in [0.15, 0.2) is 0 Å². The molecule has 1 rings (SSSR count). The highest BCUT2D eigenvalue weighted by molar-refractivity contribution is 5.87. The Bertz CT molecular complexity index is 317. The number of rotatable bonds is 6. The number of carbonyl (C=O) groups excluding carboxylic acids is 1. The van der Waals surface area contributed by atoms with E-state index in [4.69, 9.17) is 0 Å². The average molecular weight is 269 g/mol. The van der Waals surface area contributed by atoms with Crippen molar-refractivity contribution in [2.45, 2.75) is 71.5 Å². The lowest BCUT2D eigenvalue weighted by atomic mass is 9.87. The first-order chi connectivity index (χ1) is 8.74. The van der Waals surface area contributed by atoms with Crippen LogP contribution >= 0.6 is 0 Å². The summed E-state index contributed by atoms with van der Waals surface area (Å²) in [5, 5.41) is 6.96. The van der Waals surface area contributed by atoms with Crippen molar-refractivity contribution in [2.24, 2.45) is 0 Å². The fourth-order valence-corrected chi connectivity index (χ4v) is 2.75. The first kappa shape index (κ1) is 16.4. The van der Waals surface area contributed by atoms with Crippen LogP contribution < -0.4 is 10.6 Å². The molecule has 0 aromatic rings. The minimum absolute atomic E-state index is 0.0188. The minimum atomic E-state index is -0.419. The van der Waals surface area contributed by atoms with Crippen LogP contribution in [0.3, 0.4) is 0 Å². The Morgan fingerprint density at radius 1 is 1.37 bits per heavy atom. The van der Waals surface area contributed by atoms with E-state index in [2.05, 4.69) is 45.3 Å². The molecule has 1 amide bonds. The fourth-order valence-electron chi connectivity index (χ4n) is 2.75. The quantitative estimate of drug-likeness (QED) is 0.772. The highest BCUT2D eigenvalue weighted by Gasteiger charge is 2.44. The van der Waals surface area contributed by atoms with Crippen LogP contribution in [0.2, 0.25) is 0 Å². The third kappa shape index (κ3) is 4.18. The van der Waals surface area contributed by atoms with Gasteiger partial charge in [0.1, 0.15) is 0 Å². The first-order valence-corrected chi connectivity index (χ1v) is 7.56. The number of nitrogens with zero attached hydrogens (tertiary/aromatic N) is 1. The molecule has 2 unspecified atom stereocenters. The molecule has 2 N–H and O–H groups in total. The van der Waals surface area contributed by atoms with Gasteiger partial charge in [-0.05, 0) is 40.5 Å². The van der Waals surface area contributed by atoms with E-state index in [0.717, 1.165) is 32.5 Å². The van der Waals surface area contributed by atoms with Gasteiger partial charge in [-0.1, -0.05) is 13.8 Å². The molecule has 1 saturated heterocycles. The average Bonchev–Trinajstić information content (AvgIpc) is 2.34. The number of carbonyl (C=O) groups is 1. The summed E-state index contributed by atoms with van der Waals surface area (Å²) >= 11 is 0. The van der Waals surface area contributed by atoms with Gasteiger partial charge in [0.2, 0.25) is 5.91 Å². The minimum Gasteiger partial charge on any atom is -0.338 e. The molecule has 19 heavy (non-hydrogen) atoms. The first-order valence-electron chi connectivity index (χ1n) is 7.56. The van der Waals surface area contributed by atoms with E-state index in [9.17, 15) is 4.79 Å². The molecule has 112 valence electrons. The van der Waals surface area contributed by atoms with Crippen LogP contribution in [0.4, 0.5) is 0 Å². The molecule has 0 saturated carbocycles. The number of hydrogen-bond donors (Lipinski definition) is 2. The highest BCUT2D eigenvalue weighted by Crippen LogP contribution is 2.24. The van der Waals surface area contributed by atoms with Gasteiger partial charge in [-0.15, -0.1) is 0 Å². The highest BCUT2D eigenvalue weighted by atomic mass is 16.2. The molecule has 0 radical (unpaired) electrons. The van der Waals surface area contributed by atoms with E-state index in [1.807, 2.05) is 11.8 Å². The molecule has 4 heteroatoms. The van der Waals surface area contributed by atoms with Crippen molar-refractivity contribution in [3.8, 4) is 0 Å². The Morgan fingerprint density at radius 3 is 2.53 bits per heavy atom. The third-order valence-electron chi connectivity index (χ3n) is 4.15. The van der Waals surface area contributed by atoms with E-state index in [1.54, 1.807) is 0 Å². The van der Waals surface area contributed by atoms with Crippen LogP contribution in [0.1, 0.15) is 54.4 Å². The normalized spacial score (nSPS) is 28.5. The van der Waals surface area contributed by atoms with Crippen LogP contribution in [0.5, 0.6) is 0 Å². The standard InChI is InChI=1S/C15H31N3O/c1-7-12(3)16-9-10-18-11-14(4,5)17-15(6,8-2)13(18)19/h12,16-17H,7-11H2,1-6H3. The Morgan fingerprint density at radius 2 is 2.00 bits per heavy atom. The van der Waals surface area contributed by atoms with Gasteiger partial charge < -0.3 is 10.2 Å². The van der Waals surface area contributed by atoms with Gasteiger partial charge in [-0.2, -0.15) is 0 Å². The molecular formula is C15H31N3O. The van der Waals surface area contributed by atoms with E-state index in [0.29, 0.717) is 6.04 Å². The SMILES string of the molecule is CCC(C)NCCN1CC(C)(C)NC(C)(CC)C1=O. The summed E-state index contributed by atoms with van der Waals surface area (Å²) in [6, 6.07) is 0.517. The van der Waals surface area contributed by atoms with Crippen molar-refractivity contribution >= 4 is 5.91 Å². The largest absolute Gasteiger partial charge is 0.338 e. The molecule has 1 fully saturated rings. The predicted octanol–water partition coefficient (Wildman–Crippen LogP) is 1.75. The number of piperazine rings is 1. The van der Waals surface area contributed by atoms with Gasteiger partial charge in [0.25, 0.3) is 0 Å². The Hall–Kier alpha value is -0.610. The van der Waals surface area contributed by atoms with E-state index < -0.39 is 5.54 Å². The topological polar surface area (TPSA) is 44.4 Å². The zero-order valence-corrected chi connectivity index (χ0v) is 13.5. The summed E-state index contributed by atoms with van der Waals surface area (Å²) in [6.07, 6.45) is 1.94. The number of amides is 1. The maximum Gasteiger partial charge on any atom is 0.242 e. The summed E-state index contributed by atoms with van der Waals surface area (Å²) < 4.78 is 0. The maximum atomic E-state index is 12.5. The molecule has 1 heterocycles. The van der Waals surface area contributed by atoms with Crippen molar-refractivity contribution in [1.29, 1.82) is 0 Å². The van der Waals surface area contributed by atoms with Crippen molar-refractivity contribution < 1.29 is 4.79 Å². The molecule has 0 spiro atoms. The Balaban J connectivity index is 2.63. The molecule has 1 aliphatic heterocycles. The van der Waals surface area contributed by atoms with Gasteiger partial charge in [0, 0.05) is 31.2 Å². The van der Waals surface area contributed by atoms with Crippen LogP contribution in [0, 0.1) is 0 Å². The second-order valence-corrected chi connectivity index (χ2v) is 6.68. The summed E-state index contributed by atoms with van der Waals surface area (Å²) in [4.78, 5) is 14.6. The van der Waals surface area contributed by atoms with Crippen molar-refractivity contribution in [3.63, 3.8) is 0 Å². The fraction of sp³-hybridized carbons (Fsp3) is 0.933. The second-order valence-electron chi connectivity index (χ2n) is 6.68. The van der Waals surface area contributed by atoms with Gasteiger partial charge in [0.15, 0.2) is 0 Å². The van der Waals surface area contributed by atoms with Gasteiger partial charge in [-0.3, -0.25) is 10.1 Å². The zero-order chi connectivity index (χ0) is 14.7. The molecule has 2 atom stereocenters. The van der Waals surface area contributed by atoms with Crippen molar-refractivity contribution in [1.82, 2.24) is 15.5 Å². The lowest BCUT2D eigenvalue weighted by Crippen LogP contribution is -2.71. The van der Waals surface area contributed by atoms with Crippen LogP contribution in [0.25, 0.3) is 0 Å². The third-order valence-corrected chi connectivity index (χ3v) is 4.15. The number of hydrogen-bond acceptors (Lipinski definition) is 3. The van der Waals surface area contributed by atoms with Crippen LogP contribution in [-0.2, 0) is 4.79 Å². The molecule has 0 aromatic heterocycles. The lowest BCUT2D eigenvalue weighted by molar-refractivity contribution is -0.144. The zero-order valence-electron chi connectivity index (χ0n) is 13.5.